The molecule has 1 aromatic carbocycles. The summed E-state index contributed by atoms with van der Waals surface area (Å²) in [6, 6.07) is 9.15. The molecular formula is C25H38. The van der Waals surface area contributed by atoms with Crippen molar-refractivity contribution < 1.29 is 0 Å². The molecule has 0 saturated carbocycles. The lowest BCUT2D eigenvalue weighted by Gasteiger charge is -2.37. The molecule has 2 rings (SSSR count). The molecule has 25 heavy (non-hydrogen) atoms. The van der Waals surface area contributed by atoms with Crippen molar-refractivity contribution in [1.82, 2.24) is 0 Å². The molecule has 1 atom stereocenters. The quantitative estimate of drug-likeness (QED) is 0.458. The molecule has 0 N–H and O–H groups in total. The molecule has 138 valence electrons. The summed E-state index contributed by atoms with van der Waals surface area (Å²) < 4.78 is 0. The van der Waals surface area contributed by atoms with Crippen LogP contribution in [0.15, 0.2) is 41.5 Å². The minimum absolute atomic E-state index is 0.218. The zero-order valence-electron chi connectivity index (χ0n) is 18.0. The van der Waals surface area contributed by atoms with Crippen molar-refractivity contribution in [2.24, 2.45) is 16.7 Å². The van der Waals surface area contributed by atoms with Crippen LogP contribution in [0, 0.1) is 16.7 Å². The highest BCUT2D eigenvalue weighted by Crippen LogP contribution is 2.44. The summed E-state index contributed by atoms with van der Waals surface area (Å²) >= 11 is 0. The molecular weight excluding hydrogens is 300 g/mol. The lowest BCUT2D eigenvalue weighted by molar-refractivity contribution is 0.277. The average molecular weight is 339 g/mol. The van der Waals surface area contributed by atoms with Gasteiger partial charge >= 0.3 is 0 Å². The largest absolute Gasteiger partial charge is 0.0805 e. The Morgan fingerprint density at radius 1 is 0.800 bits per heavy atom. The minimum atomic E-state index is 0.218. The van der Waals surface area contributed by atoms with Gasteiger partial charge in [-0.05, 0) is 46.1 Å². The Morgan fingerprint density at radius 2 is 1.36 bits per heavy atom. The molecule has 0 aliphatic heterocycles. The average Bonchev–Trinajstić information content (AvgIpc) is 2.44. The molecule has 0 saturated heterocycles. The summed E-state index contributed by atoms with van der Waals surface area (Å²) in [4.78, 5) is 0. The SMILES string of the molecule is CC(C)(C)C1=CC(C(C)(C)C)CC(=Cc2ccc(C(C)(C)C)cc2)C1. The molecule has 0 radical (unpaired) electrons. The number of rotatable bonds is 1. The summed E-state index contributed by atoms with van der Waals surface area (Å²) in [5.74, 6) is 0.621. The van der Waals surface area contributed by atoms with Gasteiger partial charge in [-0.2, -0.15) is 0 Å². The standard InChI is InChI=1S/C25H38/c1-23(2,3)20-12-10-18(11-13-20)14-19-15-21(24(4,5)6)17-22(16-19)25(7,8)9/h10-14,17,21H,15-16H2,1-9H3. The molecule has 0 heteroatoms. The fraction of sp³-hybridized carbons (Fsp3) is 0.600. The van der Waals surface area contributed by atoms with Crippen LogP contribution in [0.3, 0.4) is 0 Å². The van der Waals surface area contributed by atoms with Gasteiger partial charge in [-0.1, -0.05) is 110 Å². The summed E-state index contributed by atoms with van der Waals surface area (Å²) in [6.07, 6.45) is 7.31. The van der Waals surface area contributed by atoms with E-state index >= 15 is 0 Å². The first-order valence-electron chi connectivity index (χ1n) is 9.78. The van der Waals surface area contributed by atoms with Crippen molar-refractivity contribution in [3.63, 3.8) is 0 Å². The summed E-state index contributed by atoms with van der Waals surface area (Å²) in [5, 5.41) is 0. The van der Waals surface area contributed by atoms with Crippen LogP contribution >= 0.6 is 0 Å². The van der Waals surface area contributed by atoms with Gasteiger partial charge in [-0.3, -0.25) is 0 Å². The maximum atomic E-state index is 2.57. The highest BCUT2D eigenvalue weighted by molar-refractivity contribution is 5.55. The number of benzene rings is 1. The van der Waals surface area contributed by atoms with Gasteiger partial charge in [0.05, 0.1) is 0 Å². The van der Waals surface area contributed by atoms with Crippen LogP contribution in [0.25, 0.3) is 6.08 Å². The van der Waals surface area contributed by atoms with E-state index in [0.717, 1.165) is 6.42 Å². The van der Waals surface area contributed by atoms with Gasteiger partial charge in [0, 0.05) is 0 Å². The summed E-state index contributed by atoms with van der Waals surface area (Å²) in [7, 11) is 0. The van der Waals surface area contributed by atoms with Crippen LogP contribution in [0.1, 0.15) is 86.3 Å². The Labute approximate surface area is 156 Å². The molecule has 0 heterocycles. The zero-order chi connectivity index (χ0) is 19.0. The van der Waals surface area contributed by atoms with Crippen LogP contribution in [0.4, 0.5) is 0 Å². The molecule has 1 aromatic rings. The van der Waals surface area contributed by atoms with E-state index in [-0.39, 0.29) is 10.8 Å². The van der Waals surface area contributed by atoms with Crippen molar-refractivity contribution in [2.75, 3.05) is 0 Å². The smallest absolute Gasteiger partial charge is 0.00996 e. The minimum Gasteiger partial charge on any atom is -0.0805 e. The molecule has 0 spiro atoms. The van der Waals surface area contributed by atoms with Gasteiger partial charge in [0.25, 0.3) is 0 Å². The Morgan fingerprint density at radius 3 is 1.80 bits per heavy atom. The lowest BCUT2D eigenvalue weighted by Crippen LogP contribution is -2.25. The van der Waals surface area contributed by atoms with Gasteiger partial charge in [0.2, 0.25) is 0 Å². The Bertz CT molecular complexity index is 646. The second kappa shape index (κ2) is 6.78. The summed E-state index contributed by atoms with van der Waals surface area (Å²) in [5.41, 5.74) is 6.69. The molecule has 0 bridgehead atoms. The van der Waals surface area contributed by atoms with Crippen LogP contribution in [0.5, 0.6) is 0 Å². The van der Waals surface area contributed by atoms with E-state index in [4.69, 9.17) is 0 Å². The van der Waals surface area contributed by atoms with Crippen molar-refractivity contribution in [1.29, 1.82) is 0 Å². The van der Waals surface area contributed by atoms with Crippen molar-refractivity contribution in [3.8, 4) is 0 Å². The number of hydrogen-bond acceptors (Lipinski definition) is 0. The third kappa shape index (κ3) is 5.33. The number of allylic oxidation sites excluding steroid dienone is 3. The van der Waals surface area contributed by atoms with E-state index in [1.807, 2.05) is 0 Å². The molecule has 1 aliphatic rings. The van der Waals surface area contributed by atoms with Crippen molar-refractivity contribution in [3.05, 3.63) is 52.6 Å². The van der Waals surface area contributed by atoms with Gasteiger partial charge in [0.15, 0.2) is 0 Å². The van der Waals surface area contributed by atoms with Gasteiger partial charge in [-0.25, -0.2) is 0 Å². The fourth-order valence-electron chi connectivity index (χ4n) is 3.46. The molecule has 0 fully saturated rings. The highest BCUT2D eigenvalue weighted by atomic mass is 14.4. The van der Waals surface area contributed by atoms with E-state index < -0.39 is 0 Å². The molecule has 0 nitrogen and oxygen atoms in total. The van der Waals surface area contributed by atoms with Crippen LogP contribution in [-0.4, -0.2) is 0 Å². The maximum absolute atomic E-state index is 2.57. The van der Waals surface area contributed by atoms with Crippen LogP contribution < -0.4 is 0 Å². The molecule has 0 amide bonds. The predicted molar refractivity (Wildman–Crippen MR) is 113 cm³/mol. The van der Waals surface area contributed by atoms with E-state index in [1.165, 1.54) is 17.5 Å². The molecule has 1 unspecified atom stereocenters. The first kappa shape index (κ1) is 20.0. The Hall–Kier alpha value is -1.30. The van der Waals surface area contributed by atoms with Crippen molar-refractivity contribution >= 4 is 6.08 Å². The fourth-order valence-corrected chi connectivity index (χ4v) is 3.46. The lowest BCUT2D eigenvalue weighted by atomic mass is 9.68. The number of hydrogen-bond donors (Lipinski definition) is 0. The van der Waals surface area contributed by atoms with Crippen LogP contribution in [0.2, 0.25) is 0 Å². The van der Waals surface area contributed by atoms with Gasteiger partial charge in [-0.15, -0.1) is 0 Å². The zero-order valence-corrected chi connectivity index (χ0v) is 18.0. The van der Waals surface area contributed by atoms with Gasteiger partial charge < -0.3 is 0 Å². The first-order valence-corrected chi connectivity index (χ1v) is 9.78. The molecule has 0 aromatic heterocycles. The second-order valence-electron chi connectivity index (χ2n) is 11.0. The second-order valence-corrected chi connectivity index (χ2v) is 11.0. The van der Waals surface area contributed by atoms with E-state index in [9.17, 15) is 0 Å². The Kier molecular flexibility index (Phi) is 5.43. The van der Waals surface area contributed by atoms with Crippen molar-refractivity contribution in [2.45, 2.75) is 80.6 Å². The third-order valence-corrected chi connectivity index (χ3v) is 5.53. The normalized spacial score (nSPS) is 21.4. The first-order chi connectivity index (χ1) is 11.3. The van der Waals surface area contributed by atoms with Gasteiger partial charge in [0.1, 0.15) is 0 Å². The maximum Gasteiger partial charge on any atom is -0.00996 e. The predicted octanol–water partition coefficient (Wildman–Crippen LogP) is 7.80. The van der Waals surface area contributed by atoms with Crippen LogP contribution in [-0.2, 0) is 5.41 Å². The monoisotopic (exact) mass is 338 g/mol. The summed E-state index contributed by atoms with van der Waals surface area (Å²) in [6.45, 7) is 21.0. The highest BCUT2D eigenvalue weighted by Gasteiger charge is 2.31. The third-order valence-electron chi connectivity index (χ3n) is 5.53. The molecule has 1 aliphatic carbocycles. The van der Waals surface area contributed by atoms with E-state index in [1.54, 1.807) is 11.1 Å². The Balaban J connectivity index is 2.32. The van der Waals surface area contributed by atoms with E-state index in [0.29, 0.717) is 11.3 Å². The topological polar surface area (TPSA) is 0 Å². The van der Waals surface area contributed by atoms with E-state index in [2.05, 4.69) is 98.7 Å².